The van der Waals surface area contributed by atoms with Gasteiger partial charge in [0.25, 0.3) is 6.10 Å². The number of nitrogens with zero attached hydrogens (tertiary/aromatic N) is 3. The van der Waals surface area contributed by atoms with Crippen LogP contribution < -0.4 is 4.90 Å². The molecule has 3 rings (SSSR count). The van der Waals surface area contributed by atoms with Crippen molar-refractivity contribution in [2.24, 2.45) is 5.92 Å². The van der Waals surface area contributed by atoms with E-state index in [0.717, 1.165) is 4.90 Å². The largest absolute Gasteiger partial charge is 0.481 e. The lowest BCUT2D eigenvalue weighted by molar-refractivity contribution is -0.308. The molecule has 0 bridgehead atoms. The summed E-state index contributed by atoms with van der Waals surface area (Å²) in [6.45, 7) is 2.42. The minimum atomic E-state index is -5.79. The van der Waals surface area contributed by atoms with E-state index in [-0.39, 0.29) is 32.7 Å². The first-order valence-electron chi connectivity index (χ1n) is 11.3. The first-order chi connectivity index (χ1) is 16.7. The summed E-state index contributed by atoms with van der Waals surface area (Å²) >= 11 is 0. The Morgan fingerprint density at radius 2 is 1.56 bits per heavy atom. The number of aliphatic carboxylic acids is 1. The average Bonchev–Trinajstić information content (AvgIpc) is 2.79. The third kappa shape index (κ3) is 6.51. The topological polar surface area (TPSA) is 73.3 Å². The summed E-state index contributed by atoms with van der Waals surface area (Å²) < 4.78 is 94.9. The van der Waals surface area contributed by atoms with Gasteiger partial charge in [0.15, 0.2) is 0 Å². The number of amides is 1. The Morgan fingerprint density at radius 1 is 1.00 bits per heavy atom. The van der Waals surface area contributed by atoms with Gasteiger partial charge >= 0.3 is 24.4 Å². The van der Waals surface area contributed by atoms with E-state index in [1.54, 1.807) is 28.9 Å². The molecule has 7 nitrogen and oxygen atoms in total. The fourth-order valence-electron chi connectivity index (χ4n) is 4.35. The van der Waals surface area contributed by atoms with Gasteiger partial charge < -0.3 is 19.6 Å². The minimum Gasteiger partial charge on any atom is -0.481 e. The molecular weight excluding hydrogens is 503 g/mol. The number of carboxylic acid groups (broad SMARTS) is 1. The van der Waals surface area contributed by atoms with Crippen molar-refractivity contribution in [3.8, 4) is 0 Å². The van der Waals surface area contributed by atoms with Crippen LogP contribution >= 0.6 is 0 Å². The highest BCUT2D eigenvalue weighted by Crippen LogP contribution is 2.36. The SMILES string of the molecule is Cc1ccc(CN2CCN(C(=O)OC(C(F)(F)F)C(F)(F)F)CC2)c(N2CCC(C(=O)O)CC2)c1F. The minimum absolute atomic E-state index is 0.119. The highest BCUT2D eigenvalue weighted by atomic mass is 19.4. The predicted octanol–water partition coefficient (Wildman–Crippen LogP) is 4.18. The second-order valence-electron chi connectivity index (χ2n) is 8.91. The van der Waals surface area contributed by atoms with E-state index in [1.807, 2.05) is 0 Å². The third-order valence-electron chi connectivity index (χ3n) is 6.39. The van der Waals surface area contributed by atoms with Gasteiger partial charge in [-0.15, -0.1) is 0 Å². The van der Waals surface area contributed by atoms with Gasteiger partial charge in [-0.2, -0.15) is 26.3 Å². The van der Waals surface area contributed by atoms with Crippen molar-refractivity contribution < 1.29 is 50.2 Å². The summed E-state index contributed by atoms with van der Waals surface area (Å²) in [6, 6.07) is 3.33. The Kier molecular flexibility index (Phi) is 8.26. The average molecular weight is 529 g/mol. The van der Waals surface area contributed by atoms with Crippen LogP contribution in [0.15, 0.2) is 12.1 Å². The van der Waals surface area contributed by atoms with Crippen LogP contribution in [0.4, 0.5) is 41.2 Å². The highest BCUT2D eigenvalue weighted by molar-refractivity contribution is 5.70. The van der Waals surface area contributed by atoms with Crippen molar-refractivity contribution in [3.05, 3.63) is 29.1 Å². The van der Waals surface area contributed by atoms with E-state index in [2.05, 4.69) is 4.74 Å². The van der Waals surface area contributed by atoms with Crippen LogP contribution in [0, 0.1) is 18.7 Å². The number of anilines is 1. The fourth-order valence-corrected chi connectivity index (χ4v) is 4.35. The number of benzene rings is 1. The van der Waals surface area contributed by atoms with E-state index >= 15 is 4.39 Å². The normalized spacial score (nSPS) is 18.6. The molecule has 0 aromatic heterocycles. The molecule has 0 atom stereocenters. The van der Waals surface area contributed by atoms with Crippen molar-refractivity contribution >= 4 is 17.7 Å². The maximum Gasteiger partial charge on any atom is 0.434 e. The molecule has 2 aliphatic rings. The molecular formula is C22H26F7N3O4. The molecule has 0 unspecified atom stereocenters. The van der Waals surface area contributed by atoms with Crippen LogP contribution in [0.3, 0.4) is 0 Å². The van der Waals surface area contributed by atoms with Crippen LogP contribution in [0.2, 0.25) is 0 Å². The molecule has 1 N–H and O–H groups in total. The summed E-state index contributed by atoms with van der Waals surface area (Å²) in [5.41, 5.74) is 1.36. The maximum absolute atomic E-state index is 15.1. The van der Waals surface area contributed by atoms with Crippen LogP contribution in [0.25, 0.3) is 0 Å². The van der Waals surface area contributed by atoms with Gasteiger partial charge in [-0.25, -0.2) is 9.18 Å². The van der Waals surface area contributed by atoms with Crippen molar-refractivity contribution in [2.75, 3.05) is 44.2 Å². The Bertz CT molecular complexity index is 940. The number of aryl methyl sites for hydroxylation is 1. The van der Waals surface area contributed by atoms with E-state index in [0.29, 0.717) is 42.7 Å². The number of piperazine rings is 1. The van der Waals surface area contributed by atoms with Crippen molar-refractivity contribution in [3.63, 3.8) is 0 Å². The molecule has 0 spiro atoms. The summed E-state index contributed by atoms with van der Waals surface area (Å²) in [6.07, 6.45) is -16.8. The summed E-state index contributed by atoms with van der Waals surface area (Å²) in [5, 5.41) is 9.21. The fraction of sp³-hybridized carbons (Fsp3) is 0.636. The molecule has 14 heteroatoms. The van der Waals surface area contributed by atoms with Gasteiger partial charge in [-0.05, 0) is 30.9 Å². The van der Waals surface area contributed by atoms with Gasteiger partial charge in [0.2, 0.25) is 0 Å². The number of halogens is 7. The zero-order chi connectivity index (χ0) is 26.8. The summed E-state index contributed by atoms with van der Waals surface area (Å²) in [7, 11) is 0. The van der Waals surface area contributed by atoms with E-state index < -0.39 is 42.3 Å². The molecule has 2 saturated heterocycles. The van der Waals surface area contributed by atoms with Crippen LogP contribution in [0.5, 0.6) is 0 Å². The Morgan fingerprint density at radius 3 is 2.06 bits per heavy atom. The van der Waals surface area contributed by atoms with Crippen LogP contribution in [-0.4, -0.2) is 84.7 Å². The molecule has 36 heavy (non-hydrogen) atoms. The number of alkyl halides is 6. The molecule has 1 aromatic rings. The lowest BCUT2D eigenvalue weighted by Crippen LogP contribution is -2.52. The number of hydrogen-bond donors (Lipinski definition) is 1. The van der Waals surface area contributed by atoms with Crippen molar-refractivity contribution in [1.82, 2.24) is 9.80 Å². The number of carboxylic acids is 1. The van der Waals surface area contributed by atoms with Crippen LogP contribution in [-0.2, 0) is 16.1 Å². The zero-order valence-corrected chi connectivity index (χ0v) is 19.3. The summed E-state index contributed by atoms with van der Waals surface area (Å²) in [5.74, 6) is -1.83. The third-order valence-corrected chi connectivity index (χ3v) is 6.39. The molecule has 202 valence electrons. The second-order valence-corrected chi connectivity index (χ2v) is 8.91. The van der Waals surface area contributed by atoms with Gasteiger partial charge in [0.05, 0.1) is 11.6 Å². The monoisotopic (exact) mass is 529 g/mol. The molecule has 1 aromatic carbocycles. The maximum atomic E-state index is 15.1. The van der Waals surface area contributed by atoms with Crippen molar-refractivity contribution in [1.29, 1.82) is 0 Å². The molecule has 0 aliphatic carbocycles. The molecule has 0 radical (unpaired) electrons. The number of ether oxygens (including phenoxy) is 1. The smallest absolute Gasteiger partial charge is 0.434 e. The van der Waals surface area contributed by atoms with Gasteiger partial charge in [-0.3, -0.25) is 9.69 Å². The lowest BCUT2D eigenvalue weighted by atomic mass is 9.95. The number of piperidine rings is 1. The van der Waals surface area contributed by atoms with Gasteiger partial charge in [0, 0.05) is 45.8 Å². The Labute approximate surface area is 202 Å². The molecule has 2 heterocycles. The van der Waals surface area contributed by atoms with Gasteiger partial charge in [0.1, 0.15) is 5.82 Å². The summed E-state index contributed by atoms with van der Waals surface area (Å²) in [4.78, 5) is 27.6. The van der Waals surface area contributed by atoms with E-state index in [1.165, 1.54) is 0 Å². The predicted molar refractivity (Wildman–Crippen MR) is 113 cm³/mol. The highest BCUT2D eigenvalue weighted by Gasteiger charge is 2.60. The van der Waals surface area contributed by atoms with E-state index in [9.17, 15) is 41.0 Å². The second kappa shape index (κ2) is 10.7. The quantitative estimate of drug-likeness (QED) is 0.578. The number of hydrogen-bond acceptors (Lipinski definition) is 5. The van der Waals surface area contributed by atoms with Gasteiger partial charge in [-0.1, -0.05) is 12.1 Å². The number of carbonyl (C=O) groups excluding carboxylic acids is 1. The van der Waals surface area contributed by atoms with Crippen LogP contribution in [0.1, 0.15) is 24.0 Å². The molecule has 2 aliphatic heterocycles. The first kappa shape index (κ1) is 27.8. The standard InChI is InChI=1S/C22H26F7N3O4/c1-13-2-3-15(17(16(13)23)31-6-4-14(5-7-31)18(33)34)12-30-8-10-32(11-9-30)20(35)36-19(21(24,25)26)22(27,28)29/h2-3,14,19H,4-12H2,1H3,(H,33,34). The molecule has 0 saturated carbocycles. The van der Waals surface area contributed by atoms with E-state index in [4.69, 9.17) is 0 Å². The molecule has 2 fully saturated rings. The Hall–Kier alpha value is -2.77. The number of rotatable bonds is 5. The Balaban J connectivity index is 1.64. The van der Waals surface area contributed by atoms with Crippen molar-refractivity contribution in [2.45, 2.75) is 44.8 Å². The number of carbonyl (C=O) groups is 2. The zero-order valence-electron chi connectivity index (χ0n) is 19.3. The molecule has 1 amide bonds. The lowest BCUT2D eigenvalue weighted by Gasteiger charge is -2.37. The first-order valence-corrected chi connectivity index (χ1v) is 11.3.